The maximum absolute atomic E-state index is 12.7. The third-order valence-electron chi connectivity index (χ3n) is 4.67. The van der Waals surface area contributed by atoms with Crippen molar-refractivity contribution < 1.29 is 19.4 Å². The SMILES string of the molecule is CCC(CC)n1ncc(C(=O)NC(C)c2ccc(OCC(=O)O)cc2)c1C. The summed E-state index contributed by atoms with van der Waals surface area (Å²) in [5.41, 5.74) is 2.34. The molecule has 1 heterocycles. The van der Waals surface area contributed by atoms with Gasteiger partial charge in [0.2, 0.25) is 0 Å². The van der Waals surface area contributed by atoms with Crippen LogP contribution in [0.2, 0.25) is 0 Å². The van der Waals surface area contributed by atoms with Crippen LogP contribution in [0.4, 0.5) is 0 Å². The highest BCUT2D eigenvalue weighted by Gasteiger charge is 2.19. The number of rotatable bonds is 9. The largest absolute Gasteiger partial charge is 0.482 e. The van der Waals surface area contributed by atoms with Crippen LogP contribution < -0.4 is 10.1 Å². The van der Waals surface area contributed by atoms with E-state index in [1.54, 1.807) is 18.3 Å². The van der Waals surface area contributed by atoms with E-state index in [9.17, 15) is 9.59 Å². The fourth-order valence-electron chi connectivity index (χ4n) is 3.00. The Morgan fingerprint density at radius 2 is 1.85 bits per heavy atom. The predicted molar refractivity (Wildman–Crippen MR) is 102 cm³/mol. The van der Waals surface area contributed by atoms with Gasteiger partial charge in [-0.05, 0) is 44.4 Å². The maximum Gasteiger partial charge on any atom is 0.341 e. The molecule has 2 N–H and O–H groups in total. The van der Waals surface area contributed by atoms with E-state index in [1.165, 1.54) is 0 Å². The Labute approximate surface area is 159 Å². The van der Waals surface area contributed by atoms with E-state index in [2.05, 4.69) is 24.3 Å². The van der Waals surface area contributed by atoms with E-state index >= 15 is 0 Å². The average Bonchev–Trinajstić information content (AvgIpc) is 3.03. The van der Waals surface area contributed by atoms with Crippen molar-refractivity contribution in [2.24, 2.45) is 0 Å². The van der Waals surface area contributed by atoms with Gasteiger partial charge in [0.1, 0.15) is 5.75 Å². The number of aromatic nitrogens is 2. The zero-order valence-corrected chi connectivity index (χ0v) is 16.2. The normalized spacial score (nSPS) is 12.0. The van der Waals surface area contributed by atoms with Gasteiger partial charge in [-0.15, -0.1) is 0 Å². The van der Waals surface area contributed by atoms with Gasteiger partial charge in [0.05, 0.1) is 23.8 Å². The van der Waals surface area contributed by atoms with Crippen LogP contribution in [-0.4, -0.2) is 33.4 Å². The van der Waals surface area contributed by atoms with Crippen molar-refractivity contribution >= 4 is 11.9 Å². The summed E-state index contributed by atoms with van der Waals surface area (Å²) in [4.78, 5) is 23.2. The Balaban J connectivity index is 2.04. The molecule has 2 rings (SSSR count). The lowest BCUT2D eigenvalue weighted by Crippen LogP contribution is -2.27. The van der Waals surface area contributed by atoms with Crippen molar-refractivity contribution in [3.63, 3.8) is 0 Å². The summed E-state index contributed by atoms with van der Waals surface area (Å²) < 4.78 is 7.04. The number of carbonyl (C=O) groups is 2. The highest BCUT2D eigenvalue weighted by molar-refractivity contribution is 5.95. The molecule has 0 aliphatic rings. The molecular formula is C20H27N3O4. The summed E-state index contributed by atoms with van der Waals surface area (Å²) in [6, 6.07) is 7.09. The minimum atomic E-state index is -1.02. The summed E-state index contributed by atoms with van der Waals surface area (Å²) in [6.07, 6.45) is 3.55. The molecule has 0 saturated carbocycles. The Bertz CT molecular complexity index is 779. The molecule has 1 atom stereocenters. The van der Waals surface area contributed by atoms with E-state index < -0.39 is 5.97 Å². The zero-order valence-electron chi connectivity index (χ0n) is 16.2. The third-order valence-corrected chi connectivity index (χ3v) is 4.67. The van der Waals surface area contributed by atoms with Gasteiger partial charge < -0.3 is 15.2 Å². The molecule has 1 aromatic carbocycles. The average molecular weight is 373 g/mol. The quantitative estimate of drug-likeness (QED) is 0.702. The third kappa shape index (κ3) is 5.09. The fraction of sp³-hybridized carbons (Fsp3) is 0.450. The van der Waals surface area contributed by atoms with E-state index in [-0.39, 0.29) is 18.6 Å². The molecule has 7 nitrogen and oxygen atoms in total. The van der Waals surface area contributed by atoms with Crippen LogP contribution in [0.3, 0.4) is 0 Å². The van der Waals surface area contributed by atoms with Gasteiger partial charge in [0.25, 0.3) is 5.91 Å². The minimum Gasteiger partial charge on any atom is -0.482 e. The monoisotopic (exact) mass is 373 g/mol. The first-order valence-corrected chi connectivity index (χ1v) is 9.16. The minimum absolute atomic E-state index is 0.164. The van der Waals surface area contributed by atoms with Crippen LogP contribution in [0, 0.1) is 6.92 Å². The summed E-state index contributed by atoms with van der Waals surface area (Å²) >= 11 is 0. The number of ether oxygens (including phenoxy) is 1. The second-order valence-corrected chi connectivity index (χ2v) is 6.51. The molecule has 0 bridgehead atoms. The van der Waals surface area contributed by atoms with Crippen molar-refractivity contribution in [1.82, 2.24) is 15.1 Å². The van der Waals surface area contributed by atoms with E-state index in [0.717, 1.165) is 24.1 Å². The molecule has 0 aliphatic carbocycles. The first kappa shape index (κ1) is 20.5. The molecule has 146 valence electrons. The lowest BCUT2D eigenvalue weighted by Gasteiger charge is -2.17. The number of aliphatic carboxylic acids is 1. The second-order valence-electron chi connectivity index (χ2n) is 6.51. The van der Waals surface area contributed by atoms with Gasteiger partial charge >= 0.3 is 5.97 Å². The van der Waals surface area contributed by atoms with Gasteiger partial charge in [-0.3, -0.25) is 9.48 Å². The Kier molecular flexibility index (Phi) is 6.98. The first-order chi connectivity index (χ1) is 12.9. The lowest BCUT2D eigenvalue weighted by atomic mass is 10.1. The topological polar surface area (TPSA) is 93.5 Å². The van der Waals surface area contributed by atoms with Gasteiger partial charge in [-0.25, -0.2) is 4.79 Å². The standard InChI is InChI=1S/C20H27N3O4/c1-5-16(6-2)23-14(4)18(11-21-23)20(26)22-13(3)15-7-9-17(10-8-15)27-12-19(24)25/h7-11,13,16H,5-6,12H2,1-4H3,(H,22,26)(H,24,25). The first-order valence-electron chi connectivity index (χ1n) is 9.16. The molecule has 2 aromatic rings. The molecule has 27 heavy (non-hydrogen) atoms. The van der Waals surface area contributed by atoms with E-state index in [0.29, 0.717) is 17.4 Å². The van der Waals surface area contributed by atoms with E-state index in [4.69, 9.17) is 9.84 Å². The number of carbonyl (C=O) groups excluding carboxylic acids is 1. The number of nitrogens with zero attached hydrogens (tertiary/aromatic N) is 2. The summed E-state index contributed by atoms with van der Waals surface area (Å²) in [6.45, 7) is 7.65. The maximum atomic E-state index is 12.7. The van der Waals surface area contributed by atoms with Gasteiger partial charge in [-0.2, -0.15) is 5.10 Å². The number of carboxylic acid groups (broad SMARTS) is 1. The predicted octanol–water partition coefficient (Wildman–Crippen LogP) is 3.51. The number of benzene rings is 1. The zero-order chi connectivity index (χ0) is 20.0. The van der Waals surface area contributed by atoms with Crippen molar-refractivity contribution in [1.29, 1.82) is 0 Å². The molecule has 7 heteroatoms. The number of carboxylic acids is 1. The van der Waals surface area contributed by atoms with Gasteiger partial charge in [0.15, 0.2) is 6.61 Å². The highest BCUT2D eigenvalue weighted by Crippen LogP contribution is 2.21. The molecule has 0 spiro atoms. The Morgan fingerprint density at radius 1 is 1.22 bits per heavy atom. The highest BCUT2D eigenvalue weighted by atomic mass is 16.5. The van der Waals surface area contributed by atoms with Crippen LogP contribution in [-0.2, 0) is 4.79 Å². The van der Waals surface area contributed by atoms with Crippen molar-refractivity contribution in [3.05, 3.63) is 47.3 Å². The lowest BCUT2D eigenvalue weighted by molar-refractivity contribution is -0.139. The Morgan fingerprint density at radius 3 is 2.41 bits per heavy atom. The molecule has 1 unspecified atom stereocenters. The number of hydrogen-bond donors (Lipinski definition) is 2. The molecule has 0 fully saturated rings. The van der Waals surface area contributed by atoms with Gasteiger partial charge in [-0.1, -0.05) is 26.0 Å². The fourth-order valence-corrected chi connectivity index (χ4v) is 3.00. The number of nitrogens with one attached hydrogen (secondary N) is 1. The smallest absolute Gasteiger partial charge is 0.341 e. The van der Waals surface area contributed by atoms with Crippen LogP contribution in [0.15, 0.2) is 30.5 Å². The summed E-state index contributed by atoms with van der Waals surface area (Å²) in [5, 5.41) is 16.0. The Hall–Kier alpha value is -2.83. The van der Waals surface area contributed by atoms with Crippen molar-refractivity contribution in [3.8, 4) is 5.75 Å². The molecule has 0 radical (unpaired) electrons. The molecule has 1 amide bonds. The molecule has 0 saturated heterocycles. The molecule has 1 aromatic heterocycles. The summed E-state index contributed by atoms with van der Waals surface area (Å²) in [5.74, 6) is -0.714. The van der Waals surface area contributed by atoms with Crippen LogP contribution in [0.1, 0.15) is 67.3 Å². The molecular weight excluding hydrogens is 346 g/mol. The van der Waals surface area contributed by atoms with Crippen molar-refractivity contribution in [2.75, 3.05) is 6.61 Å². The number of amides is 1. The van der Waals surface area contributed by atoms with Crippen LogP contribution in [0.5, 0.6) is 5.75 Å². The summed E-state index contributed by atoms with van der Waals surface area (Å²) in [7, 11) is 0. The van der Waals surface area contributed by atoms with E-state index in [1.807, 2.05) is 30.7 Å². The second kappa shape index (κ2) is 9.21. The van der Waals surface area contributed by atoms with Crippen molar-refractivity contribution in [2.45, 2.75) is 52.6 Å². The van der Waals surface area contributed by atoms with Crippen LogP contribution >= 0.6 is 0 Å². The van der Waals surface area contributed by atoms with Gasteiger partial charge in [0, 0.05) is 5.69 Å². The number of hydrogen-bond acceptors (Lipinski definition) is 4. The van der Waals surface area contributed by atoms with Crippen LogP contribution in [0.25, 0.3) is 0 Å². The molecule has 0 aliphatic heterocycles.